The Balaban J connectivity index is 1.77. The molecule has 1 aromatic heterocycles. The van der Waals surface area contributed by atoms with E-state index in [1.807, 2.05) is 6.92 Å². The summed E-state index contributed by atoms with van der Waals surface area (Å²) in [5, 5.41) is 45.5. The topological polar surface area (TPSA) is 323 Å². The number of ether oxygens (including phenoxy) is 3. The lowest BCUT2D eigenvalue weighted by Crippen LogP contribution is -2.51. The van der Waals surface area contributed by atoms with Gasteiger partial charge in [0.1, 0.15) is 36.6 Å². The molecule has 0 aliphatic carbocycles. The first-order chi connectivity index (χ1) is 34.7. The maximum Gasteiger partial charge on any atom is 0.481 e. The number of cyclic esters (lactones) is 1. The number of ketones is 1. The van der Waals surface area contributed by atoms with Gasteiger partial charge in [-0.15, -0.1) is 0 Å². The normalized spacial score (nSPS) is 29.0. The molecule has 0 amide bonds. The zero-order valence-electron chi connectivity index (χ0n) is 43.1. The van der Waals surface area contributed by atoms with Crippen LogP contribution in [0.15, 0.2) is 41.4 Å². The number of carbonyl (C=O) groups excluding carboxylic acids is 3. The molecular weight excluding hydrogens is 993 g/mol. The first-order valence-electron chi connectivity index (χ1n) is 26.3. The molecule has 11 atom stereocenters. The molecule has 73 heavy (non-hydrogen) atoms. The van der Waals surface area contributed by atoms with E-state index < -0.39 is 120 Å². The van der Waals surface area contributed by atoms with Crippen LogP contribution in [0, 0.1) is 17.8 Å². The highest BCUT2D eigenvalue weighted by atomic mass is 31.3. The summed E-state index contributed by atoms with van der Waals surface area (Å²) in [6, 6.07) is 1.22. The van der Waals surface area contributed by atoms with Gasteiger partial charge in [-0.05, 0) is 44.1 Å². The number of phosphoric acid groups is 2. The number of aromatic nitrogens is 2. The standard InChI is InChI=1S/C50H85N3O18P2/c1-4-5-18-24-37(54)28-29-39-41(55)32-42(56)40-25-20-16-17-22-27-46(58)69-38(33-66-45(57)26-21-15-13-11-9-7-6-8-10-12-14-19-23-36(2)3)34-67-72(62,63)71-73(64,65)68-35-43(48(60)47(39)59)70-49(40)53-31-30-44(51)52-50(53)61/h16,20,28-31,36-41,43,47-49,54-55,59-60H,4-15,17-19,21-27,32-35H2,1-3H3,(H,62,63)(H,64,65)(H2,51,52,61)/t37-,38+,39-,40-,41+,43+,47-,48+,49+/m0/s1. The van der Waals surface area contributed by atoms with Crippen molar-refractivity contribution in [3.05, 3.63) is 47.1 Å². The molecule has 0 aromatic carbocycles. The highest BCUT2D eigenvalue weighted by molar-refractivity contribution is 7.61. The molecular formula is C50H85N3O18P2. The molecule has 1 saturated heterocycles. The minimum atomic E-state index is -5.72. The molecule has 3 rings (SSSR count). The molecule has 23 heteroatoms. The SMILES string of the molecule is CCCCC[C@H](O)C=C[C@@H]1[C@H](O)[C@H](O)[C@H]2COP(=O)(O)OP(=O)(O)OC[C@@H](COC(=O)CCCCCCCCCCCCCCC(C)C)OC(=O)CCCC=CC[C@@H](C(=O)C[C@H]1O)[C@H](n1ccc(N)nc1=O)O2. The van der Waals surface area contributed by atoms with E-state index in [9.17, 15) is 58.5 Å². The number of fused-ring (bicyclic) bond motifs is 3. The predicted molar refractivity (Wildman–Crippen MR) is 271 cm³/mol. The van der Waals surface area contributed by atoms with Crippen molar-refractivity contribution in [1.82, 2.24) is 9.55 Å². The van der Waals surface area contributed by atoms with Crippen LogP contribution in [0.3, 0.4) is 0 Å². The van der Waals surface area contributed by atoms with Crippen LogP contribution in [0.4, 0.5) is 5.82 Å². The van der Waals surface area contributed by atoms with Crippen LogP contribution in [-0.4, -0.2) is 114 Å². The second kappa shape index (κ2) is 34.5. The Morgan fingerprint density at radius 3 is 2.12 bits per heavy atom. The van der Waals surface area contributed by atoms with Crippen LogP contribution in [0.1, 0.15) is 175 Å². The number of nitrogens with two attached hydrogens (primary N) is 1. The second-order valence-electron chi connectivity index (χ2n) is 19.6. The van der Waals surface area contributed by atoms with Gasteiger partial charge in [0.2, 0.25) is 0 Å². The molecule has 2 unspecified atom stereocenters. The number of hydrogen-bond donors (Lipinski definition) is 7. The lowest BCUT2D eigenvalue weighted by molar-refractivity contribution is -0.183. The number of hydrogen-bond acceptors (Lipinski definition) is 18. The van der Waals surface area contributed by atoms with E-state index in [0.29, 0.717) is 19.3 Å². The van der Waals surface area contributed by atoms with Crippen molar-refractivity contribution in [2.45, 2.75) is 211 Å². The molecule has 1 aromatic rings. The fraction of sp³-hybridized carbons (Fsp3) is 0.780. The fourth-order valence-corrected chi connectivity index (χ4v) is 10.7. The lowest BCUT2D eigenvalue weighted by atomic mass is 9.83. The molecule has 1 fully saturated rings. The number of Topliss-reactive ketones (excluding diaryl/α,β-unsaturated/α-hetero) is 1. The molecule has 2 bridgehead atoms. The Morgan fingerprint density at radius 2 is 1.49 bits per heavy atom. The van der Waals surface area contributed by atoms with E-state index in [1.165, 1.54) is 69.6 Å². The highest BCUT2D eigenvalue weighted by Gasteiger charge is 2.45. The van der Waals surface area contributed by atoms with Gasteiger partial charge in [-0.25, -0.2) is 13.9 Å². The van der Waals surface area contributed by atoms with Gasteiger partial charge in [0.05, 0.1) is 37.4 Å². The Morgan fingerprint density at radius 1 is 0.877 bits per heavy atom. The number of aliphatic hydroxyl groups excluding tert-OH is 4. The summed E-state index contributed by atoms with van der Waals surface area (Å²) in [5.41, 5.74) is 4.72. The van der Waals surface area contributed by atoms with Gasteiger partial charge >= 0.3 is 33.3 Å². The van der Waals surface area contributed by atoms with Gasteiger partial charge < -0.3 is 50.2 Å². The summed E-state index contributed by atoms with van der Waals surface area (Å²) < 4.78 is 58.8. The van der Waals surface area contributed by atoms with E-state index in [2.05, 4.69) is 23.1 Å². The summed E-state index contributed by atoms with van der Waals surface area (Å²) in [6.45, 7) is 3.75. The summed E-state index contributed by atoms with van der Waals surface area (Å²) >= 11 is 0. The minimum absolute atomic E-state index is 0.0781. The summed E-state index contributed by atoms with van der Waals surface area (Å²) in [4.78, 5) is 78.3. The van der Waals surface area contributed by atoms with Gasteiger partial charge in [-0.3, -0.25) is 28.0 Å². The number of carbonyl (C=O) groups is 3. The number of rotatable bonds is 24. The third-order valence-electron chi connectivity index (χ3n) is 12.8. The largest absolute Gasteiger partial charge is 0.481 e. The first-order valence-corrected chi connectivity index (χ1v) is 29.3. The van der Waals surface area contributed by atoms with Crippen molar-refractivity contribution in [2.75, 3.05) is 25.6 Å². The van der Waals surface area contributed by atoms with Crippen molar-refractivity contribution in [3.63, 3.8) is 0 Å². The van der Waals surface area contributed by atoms with E-state index >= 15 is 0 Å². The van der Waals surface area contributed by atoms with E-state index in [1.54, 1.807) is 12.2 Å². The third-order valence-corrected chi connectivity index (χ3v) is 15.4. The quantitative estimate of drug-likeness (QED) is 0.0229. The average Bonchev–Trinajstić information content (AvgIpc) is 3.31. The van der Waals surface area contributed by atoms with Crippen molar-refractivity contribution in [3.8, 4) is 0 Å². The van der Waals surface area contributed by atoms with Crippen LogP contribution in [0.2, 0.25) is 0 Å². The molecule has 2 aliphatic heterocycles. The van der Waals surface area contributed by atoms with Crippen molar-refractivity contribution in [1.29, 1.82) is 0 Å². The number of aliphatic hydroxyl groups is 4. The number of nitrogen functional groups attached to an aromatic ring is 1. The second-order valence-corrected chi connectivity index (χ2v) is 22.7. The molecule has 21 nitrogen and oxygen atoms in total. The summed E-state index contributed by atoms with van der Waals surface area (Å²) in [5.74, 6) is -4.36. The van der Waals surface area contributed by atoms with Crippen LogP contribution < -0.4 is 11.4 Å². The first kappa shape index (κ1) is 64.1. The Kier molecular flexibility index (Phi) is 30.3. The maximum absolute atomic E-state index is 14.3. The molecule has 0 radical (unpaired) electrons. The lowest BCUT2D eigenvalue weighted by Gasteiger charge is -2.38. The highest BCUT2D eigenvalue weighted by Crippen LogP contribution is 2.60. The summed E-state index contributed by atoms with van der Waals surface area (Å²) in [6.07, 6.45) is 11.7. The van der Waals surface area contributed by atoms with E-state index in [0.717, 1.165) is 55.2 Å². The Hall–Kier alpha value is -3.17. The number of phosphoric ester groups is 2. The predicted octanol–water partition coefficient (Wildman–Crippen LogP) is 7.45. The zero-order valence-corrected chi connectivity index (χ0v) is 44.9. The molecule has 0 saturated carbocycles. The van der Waals surface area contributed by atoms with Crippen LogP contribution in [-0.2, 0) is 51.1 Å². The number of nitrogens with zero attached hydrogens (tertiary/aromatic N) is 2. The molecule has 2 aliphatic rings. The Labute approximate surface area is 430 Å². The zero-order chi connectivity index (χ0) is 53.8. The molecule has 3 heterocycles. The van der Waals surface area contributed by atoms with Crippen molar-refractivity contribution < 1.29 is 81.3 Å². The molecule has 8 N–H and O–H groups in total. The van der Waals surface area contributed by atoms with Crippen LogP contribution >= 0.6 is 15.6 Å². The van der Waals surface area contributed by atoms with Gasteiger partial charge in [0.15, 0.2) is 6.10 Å². The molecule has 0 spiro atoms. The number of allylic oxidation sites excluding steroid dienone is 2. The summed E-state index contributed by atoms with van der Waals surface area (Å²) in [7, 11) is -11.3. The maximum atomic E-state index is 14.3. The van der Waals surface area contributed by atoms with Gasteiger partial charge in [-0.2, -0.15) is 9.29 Å². The van der Waals surface area contributed by atoms with Crippen molar-refractivity contribution >= 4 is 39.2 Å². The third kappa shape index (κ3) is 26.0. The van der Waals surface area contributed by atoms with Gasteiger partial charge in [0, 0.05) is 31.4 Å². The number of esters is 2. The average molecular weight is 1080 g/mol. The van der Waals surface area contributed by atoms with E-state index in [-0.39, 0.29) is 37.9 Å². The van der Waals surface area contributed by atoms with Crippen molar-refractivity contribution in [2.24, 2.45) is 17.8 Å². The Bertz CT molecular complexity index is 2000. The van der Waals surface area contributed by atoms with Gasteiger partial charge in [0.25, 0.3) is 0 Å². The molecule has 418 valence electrons. The van der Waals surface area contributed by atoms with Gasteiger partial charge in [-0.1, -0.05) is 141 Å². The minimum Gasteiger partial charge on any atom is -0.462 e. The number of anilines is 1. The van der Waals surface area contributed by atoms with E-state index in [4.69, 9.17) is 29.0 Å². The number of unbranched alkanes of at least 4 members (excludes halogenated alkanes) is 13. The van der Waals surface area contributed by atoms with Crippen LogP contribution in [0.5, 0.6) is 0 Å². The fourth-order valence-electron chi connectivity index (χ4n) is 8.60. The van der Waals surface area contributed by atoms with Crippen LogP contribution in [0.25, 0.3) is 0 Å². The smallest absolute Gasteiger partial charge is 0.462 e. The monoisotopic (exact) mass is 1080 g/mol.